The minimum atomic E-state index is -0.743. The van der Waals surface area contributed by atoms with E-state index in [0.29, 0.717) is 37.7 Å². The van der Waals surface area contributed by atoms with Gasteiger partial charge in [0.1, 0.15) is 10.9 Å². The summed E-state index contributed by atoms with van der Waals surface area (Å²) in [5, 5.41) is 12.0. The summed E-state index contributed by atoms with van der Waals surface area (Å²) < 4.78 is 0.431. The van der Waals surface area contributed by atoms with Crippen molar-refractivity contribution in [2.24, 2.45) is 0 Å². The average Bonchev–Trinajstić information content (AvgIpc) is 3.37. The first-order valence-electron chi connectivity index (χ1n) is 13.7. The lowest BCUT2D eigenvalue weighted by Crippen LogP contribution is -2.35. The summed E-state index contributed by atoms with van der Waals surface area (Å²) in [6.45, 7) is 0.283. The van der Waals surface area contributed by atoms with Gasteiger partial charge in [-0.25, -0.2) is 0 Å². The predicted molar refractivity (Wildman–Crippen MR) is 167 cm³/mol. The van der Waals surface area contributed by atoms with Crippen LogP contribution in [0.15, 0.2) is 53.4 Å². The zero-order chi connectivity index (χ0) is 29.4. The lowest BCUT2D eigenvalue weighted by atomic mass is 10.1. The van der Waals surface area contributed by atoms with Gasteiger partial charge >= 0.3 is 5.97 Å². The third kappa shape index (κ3) is 7.96. The van der Waals surface area contributed by atoms with Crippen LogP contribution in [0.5, 0.6) is 0 Å². The van der Waals surface area contributed by atoms with Crippen molar-refractivity contribution in [2.75, 3.05) is 23.3 Å². The second kappa shape index (κ2) is 14.6. The van der Waals surface area contributed by atoms with Gasteiger partial charge in [0.15, 0.2) is 0 Å². The fourth-order valence-electron chi connectivity index (χ4n) is 4.88. The number of hydrogen-bond donors (Lipinski definition) is 2. The van der Waals surface area contributed by atoms with Gasteiger partial charge < -0.3 is 10.4 Å². The Morgan fingerprint density at radius 3 is 2.17 bits per heavy atom. The number of carbonyl (C=O) groups excluding carboxylic acids is 3. The number of anilines is 2. The molecule has 3 amide bonds. The van der Waals surface area contributed by atoms with Crippen molar-refractivity contribution in [2.45, 2.75) is 57.8 Å². The van der Waals surface area contributed by atoms with E-state index in [9.17, 15) is 19.2 Å². The molecule has 2 aromatic carbocycles. The first-order valence-corrected chi connectivity index (χ1v) is 15.3. The summed E-state index contributed by atoms with van der Waals surface area (Å²) in [5.41, 5.74) is 2.03. The van der Waals surface area contributed by atoms with Crippen LogP contribution in [-0.2, 0) is 19.2 Å². The zero-order valence-corrected chi connectivity index (χ0v) is 25.0. The first kappa shape index (κ1) is 30.7. The van der Waals surface area contributed by atoms with Crippen molar-refractivity contribution in [3.8, 4) is 0 Å². The van der Waals surface area contributed by atoms with Crippen molar-refractivity contribution in [3.05, 3.63) is 64.0 Å². The number of carbonyl (C=O) groups is 4. The highest BCUT2D eigenvalue weighted by Crippen LogP contribution is 2.44. The first-order chi connectivity index (χ1) is 19.8. The van der Waals surface area contributed by atoms with Crippen LogP contribution in [-0.4, -0.2) is 51.1 Å². The maximum absolute atomic E-state index is 13.6. The molecule has 2 aromatic rings. The van der Waals surface area contributed by atoms with Crippen LogP contribution in [0, 0.1) is 0 Å². The lowest BCUT2D eigenvalue weighted by molar-refractivity contribution is -0.137. The molecule has 0 aliphatic carbocycles. The molecule has 2 aliphatic heterocycles. The van der Waals surface area contributed by atoms with Crippen LogP contribution in [0.25, 0.3) is 5.57 Å². The van der Waals surface area contributed by atoms with E-state index >= 15 is 0 Å². The van der Waals surface area contributed by atoms with E-state index in [4.69, 9.17) is 28.9 Å². The molecule has 11 heteroatoms. The topological polar surface area (TPSA) is 107 Å². The summed E-state index contributed by atoms with van der Waals surface area (Å²) in [5.74, 6) is -1.79. The number of carboxylic acids is 1. The summed E-state index contributed by atoms with van der Waals surface area (Å²) in [4.78, 5) is 53.7. The van der Waals surface area contributed by atoms with E-state index < -0.39 is 11.9 Å². The molecule has 0 saturated carbocycles. The molecule has 1 saturated heterocycles. The normalized spacial score (nSPS) is 16.5. The fourth-order valence-corrected chi connectivity index (χ4v) is 6.39. The lowest BCUT2D eigenvalue weighted by Gasteiger charge is -2.17. The van der Waals surface area contributed by atoms with Crippen LogP contribution >= 0.6 is 35.6 Å². The van der Waals surface area contributed by atoms with Gasteiger partial charge in [0, 0.05) is 29.2 Å². The number of nitrogens with zero attached hydrogens (tertiary/aromatic N) is 2. The summed E-state index contributed by atoms with van der Waals surface area (Å²) >= 11 is 12.6. The molecule has 0 bridgehead atoms. The maximum atomic E-state index is 13.6. The van der Waals surface area contributed by atoms with Gasteiger partial charge in [-0.15, -0.1) is 0 Å². The molecule has 8 nitrogen and oxygen atoms in total. The Labute approximate surface area is 254 Å². The maximum Gasteiger partial charge on any atom is 0.303 e. The van der Waals surface area contributed by atoms with E-state index in [1.807, 2.05) is 0 Å². The smallest absolute Gasteiger partial charge is 0.303 e. The number of carboxylic acid groups (broad SMARTS) is 1. The van der Waals surface area contributed by atoms with E-state index in [-0.39, 0.29) is 30.4 Å². The fraction of sp³-hybridized carbons (Fsp3) is 0.367. The minimum absolute atomic E-state index is 0.207. The molecule has 2 N–H and O–H groups in total. The van der Waals surface area contributed by atoms with Crippen LogP contribution in [0.4, 0.5) is 11.4 Å². The second-order valence-electron chi connectivity index (χ2n) is 9.96. The van der Waals surface area contributed by atoms with Crippen molar-refractivity contribution >= 4 is 80.5 Å². The Hall–Kier alpha value is -3.21. The number of para-hydroxylation sites is 1. The van der Waals surface area contributed by atoms with Crippen LogP contribution in [0.1, 0.15) is 63.4 Å². The standard InChI is InChI=1S/C30H32ClN3O5S2/c31-20-14-16-21(17-15-20)32-24(35)19-34-23-12-9-8-11-22(23)26(28(34)38)27-29(39)33(30(40)41-27)18-10-6-4-2-1-3-5-7-13-25(36)37/h8-9,11-12,14-17H,1-7,10,13,18-19H2,(H,32,35)(H,36,37). The highest BCUT2D eigenvalue weighted by atomic mass is 35.5. The number of rotatable bonds is 14. The number of thioether (sulfide) groups is 1. The number of hydrogen-bond acceptors (Lipinski definition) is 6. The SMILES string of the molecule is O=C(O)CCCCCCCCCCN1C(=O)C(=C2C(=O)N(CC(=O)Nc3ccc(Cl)cc3)c3ccccc32)SC1=S. The van der Waals surface area contributed by atoms with Gasteiger partial charge in [0.05, 0.1) is 16.2 Å². The van der Waals surface area contributed by atoms with Crippen LogP contribution in [0.2, 0.25) is 5.02 Å². The Morgan fingerprint density at radius 1 is 0.854 bits per heavy atom. The molecule has 41 heavy (non-hydrogen) atoms. The Bertz CT molecular complexity index is 1360. The quantitative estimate of drug-likeness (QED) is 0.142. The van der Waals surface area contributed by atoms with E-state index in [1.165, 1.54) is 4.90 Å². The van der Waals surface area contributed by atoms with Crippen molar-refractivity contribution in [3.63, 3.8) is 0 Å². The van der Waals surface area contributed by atoms with Gasteiger partial charge in [-0.3, -0.25) is 29.0 Å². The number of unbranched alkanes of at least 4 members (excludes halogenated alkanes) is 7. The number of amides is 3. The summed E-state index contributed by atoms with van der Waals surface area (Å²) in [7, 11) is 0. The number of thiocarbonyl (C=S) groups is 1. The van der Waals surface area contributed by atoms with Crippen molar-refractivity contribution in [1.82, 2.24) is 4.90 Å². The molecule has 0 unspecified atom stereocenters. The predicted octanol–water partition coefficient (Wildman–Crippen LogP) is 6.49. The average molecular weight is 614 g/mol. The van der Waals surface area contributed by atoms with E-state index in [1.54, 1.807) is 53.4 Å². The van der Waals surface area contributed by atoms with Gasteiger partial charge in [-0.2, -0.15) is 0 Å². The van der Waals surface area contributed by atoms with Gasteiger partial charge in [-0.1, -0.05) is 92.3 Å². The van der Waals surface area contributed by atoms with Gasteiger partial charge in [0.2, 0.25) is 5.91 Å². The number of nitrogens with one attached hydrogen (secondary N) is 1. The molecule has 2 heterocycles. The van der Waals surface area contributed by atoms with Gasteiger partial charge in [-0.05, 0) is 43.2 Å². The monoisotopic (exact) mass is 613 g/mol. The molecular formula is C30H32ClN3O5S2. The number of fused-ring (bicyclic) bond motifs is 1. The molecule has 4 rings (SSSR count). The van der Waals surface area contributed by atoms with Crippen LogP contribution in [0.3, 0.4) is 0 Å². The summed E-state index contributed by atoms with van der Waals surface area (Å²) in [6.07, 6.45) is 7.86. The van der Waals surface area contributed by atoms with Crippen LogP contribution < -0.4 is 10.2 Å². The molecule has 0 radical (unpaired) electrons. The van der Waals surface area contributed by atoms with Crippen molar-refractivity contribution < 1.29 is 24.3 Å². The van der Waals surface area contributed by atoms with E-state index in [2.05, 4.69) is 5.32 Å². The third-order valence-corrected chi connectivity index (χ3v) is 8.65. The number of halogens is 1. The Balaban J connectivity index is 1.34. The second-order valence-corrected chi connectivity index (χ2v) is 12.0. The van der Waals surface area contributed by atoms with E-state index in [0.717, 1.165) is 63.1 Å². The molecular weight excluding hydrogens is 582 g/mol. The summed E-state index contributed by atoms with van der Waals surface area (Å²) in [6, 6.07) is 13.8. The molecule has 0 spiro atoms. The van der Waals surface area contributed by atoms with Crippen molar-refractivity contribution in [1.29, 1.82) is 0 Å². The zero-order valence-electron chi connectivity index (χ0n) is 22.6. The molecule has 2 aliphatic rings. The number of aliphatic carboxylic acids is 1. The highest BCUT2D eigenvalue weighted by Gasteiger charge is 2.42. The molecule has 216 valence electrons. The minimum Gasteiger partial charge on any atom is -0.481 e. The number of benzene rings is 2. The molecule has 0 atom stereocenters. The molecule has 1 fully saturated rings. The largest absolute Gasteiger partial charge is 0.481 e. The van der Waals surface area contributed by atoms with Gasteiger partial charge in [0.25, 0.3) is 11.8 Å². The Morgan fingerprint density at radius 2 is 1.49 bits per heavy atom. The molecule has 0 aromatic heterocycles. The third-order valence-electron chi connectivity index (χ3n) is 6.95. The highest BCUT2D eigenvalue weighted by molar-refractivity contribution is 8.26. The Kier molecular flexibility index (Phi) is 11.0.